The Labute approximate surface area is 149 Å². The molecule has 26 heavy (non-hydrogen) atoms. The molecule has 0 unspecified atom stereocenters. The number of nitrogens with one attached hydrogen (secondary N) is 1. The number of nitro groups is 1. The maximum atomic E-state index is 12.6. The molecule has 1 saturated heterocycles. The van der Waals surface area contributed by atoms with Crippen molar-refractivity contribution < 1.29 is 19.3 Å². The van der Waals surface area contributed by atoms with Crippen LogP contribution in [0.4, 0.5) is 11.4 Å². The van der Waals surface area contributed by atoms with E-state index in [2.05, 4.69) is 5.32 Å². The summed E-state index contributed by atoms with van der Waals surface area (Å²) in [6.45, 7) is 1.23. The minimum absolute atomic E-state index is 0.0919. The summed E-state index contributed by atoms with van der Waals surface area (Å²) in [6.07, 6.45) is 4.82. The maximum absolute atomic E-state index is 12.6. The van der Waals surface area contributed by atoms with Gasteiger partial charge >= 0.3 is 0 Å². The molecule has 2 bridgehead atoms. The van der Waals surface area contributed by atoms with Gasteiger partial charge < -0.3 is 5.32 Å². The smallest absolute Gasteiger partial charge is 0.274 e. The molecule has 134 valence electrons. The first kappa shape index (κ1) is 16.4. The zero-order chi connectivity index (χ0) is 18.6. The van der Waals surface area contributed by atoms with Crippen molar-refractivity contribution in [2.75, 3.05) is 11.9 Å². The molecule has 0 aromatic heterocycles. The molecule has 3 amide bonds. The molecule has 1 heterocycles. The number of aryl methyl sites for hydroxylation is 1. The fourth-order valence-corrected chi connectivity index (χ4v) is 4.35. The Hall–Kier alpha value is -3.03. The van der Waals surface area contributed by atoms with Gasteiger partial charge in [0.2, 0.25) is 17.7 Å². The van der Waals surface area contributed by atoms with Crippen LogP contribution in [0.1, 0.15) is 12.0 Å². The van der Waals surface area contributed by atoms with Crippen LogP contribution in [0.5, 0.6) is 0 Å². The number of anilines is 1. The lowest BCUT2D eigenvalue weighted by Gasteiger charge is -2.16. The van der Waals surface area contributed by atoms with Crippen LogP contribution in [-0.2, 0) is 14.4 Å². The molecule has 3 aliphatic rings. The zero-order valence-electron chi connectivity index (χ0n) is 14.0. The standard InChI is InChI=1S/C18H17N3O5/c1-9-2-5-12(7-13(9)21(25)26)19-14(22)8-20-17(23)15-10-3-4-11(6-10)16(15)18(20)24/h2-5,7,10-11,15-16H,6,8H2,1H3,(H,19,22)/t10-,11-,15-,16-/m0/s1. The lowest BCUT2D eigenvalue weighted by molar-refractivity contribution is -0.385. The fraction of sp³-hybridized carbons (Fsp3) is 0.389. The molecule has 1 saturated carbocycles. The molecule has 1 aliphatic heterocycles. The van der Waals surface area contributed by atoms with E-state index < -0.39 is 10.8 Å². The first-order valence-electron chi connectivity index (χ1n) is 8.45. The van der Waals surface area contributed by atoms with Crippen LogP contribution in [0.15, 0.2) is 30.4 Å². The number of benzene rings is 1. The van der Waals surface area contributed by atoms with Crippen LogP contribution in [0.3, 0.4) is 0 Å². The number of rotatable bonds is 4. The molecule has 1 aromatic rings. The summed E-state index contributed by atoms with van der Waals surface area (Å²) < 4.78 is 0. The highest BCUT2D eigenvalue weighted by atomic mass is 16.6. The van der Waals surface area contributed by atoms with Crippen LogP contribution < -0.4 is 5.32 Å². The number of amides is 3. The number of carbonyl (C=O) groups excluding carboxylic acids is 3. The maximum Gasteiger partial charge on any atom is 0.274 e. The normalized spacial score (nSPS) is 28.6. The van der Waals surface area contributed by atoms with Crippen LogP contribution in [0, 0.1) is 40.7 Å². The summed E-state index contributed by atoms with van der Waals surface area (Å²) in [7, 11) is 0. The molecule has 0 radical (unpaired) electrons. The second kappa shape index (κ2) is 5.76. The average Bonchev–Trinajstić information content (AvgIpc) is 3.26. The first-order valence-corrected chi connectivity index (χ1v) is 8.45. The summed E-state index contributed by atoms with van der Waals surface area (Å²) >= 11 is 0. The third-order valence-corrected chi connectivity index (χ3v) is 5.55. The largest absolute Gasteiger partial charge is 0.324 e. The third-order valence-electron chi connectivity index (χ3n) is 5.55. The Morgan fingerprint density at radius 2 is 1.85 bits per heavy atom. The lowest BCUT2D eigenvalue weighted by Crippen LogP contribution is -2.39. The predicted molar refractivity (Wildman–Crippen MR) is 90.9 cm³/mol. The number of hydrogen-bond acceptors (Lipinski definition) is 5. The summed E-state index contributed by atoms with van der Waals surface area (Å²) in [4.78, 5) is 48.9. The number of nitro benzene ring substituents is 1. The number of allylic oxidation sites excluding steroid dienone is 2. The molecule has 0 spiro atoms. The summed E-state index contributed by atoms with van der Waals surface area (Å²) in [5.74, 6) is -1.63. The van der Waals surface area contributed by atoms with Crippen molar-refractivity contribution in [3.63, 3.8) is 0 Å². The molecule has 8 heteroatoms. The molecule has 2 fully saturated rings. The van der Waals surface area contributed by atoms with Crippen molar-refractivity contribution >= 4 is 29.1 Å². The van der Waals surface area contributed by atoms with E-state index in [1.165, 1.54) is 12.1 Å². The van der Waals surface area contributed by atoms with E-state index >= 15 is 0 Å². The van der Waals surface area contributed by atoms with Crippen molar-refractivity contribution in [1.82, 2.24) is 4.90 Å². The molecule has 4 rings (SSSR count). The highest BCUT2D eigenvalue weighted by Crippen LogP contribution is 2.52. The Morgan fingerprint density at radius 1 is 1.23 bits per heavy atom. The van der Waals surface area contributed by atoms with E-state index in [0.29, 0.717) is 5.56 Å². The molecular weight excluding hydrogens is 338 g/mol. The molecule has 4 atom stereocenters. The van der Waals surface area contributed by atoms with Crippen LogP contribution >= 0.6 is 0 Å². The Kier molecular flexibility index (Phi) is 3.64. The van der Waals surface area contributed by atoms with E-state index in [4.69, 9.17) is 0 Å². The minimum atomic E-state index is -0.551. The number of likely N-dealkylation sites (tertiary alicyclic amines) is 1. The van der Waals surface area contributed by atoms with Crippen molar-refractivity contribution in [3.8, 4) is 0 Å². The highest BCUT2D eigenvalue weighted by molar-refractivity contribution is 6.09. The van der Waals surface area contributed by atoms with Gasteiger partial charge in [-0.1, -0.05) is 18.2 Å². The number of imide groups is 1. The fourth-order valence-electron chi connectivity index (χ4n) is 4.35. The topological polar surface area (TPSA) is 110 Å². The van der Waals surface area contributed by atoms with E-state index in [9.17, 15) is 24.5 Å². The second-order valence-corrected chi connectivity index (χ2v) is 7.07. The number of fused-ring (bicyclic) bond motifs is 5. The molecule has 1 N–H and O–H groups in total. The van der Waals surface area contributed by atoms with Crippen molar-refractivity contribution in [1.29, 1.82) is 0 Å². The number of nitrogens with zero attached hydrogens (tertiary/aromatic N) is 2. The molecule has 8 nitrogen and oxygen atoms in total. The van der Waals surface area contributed by atoms with Gasteiger partial charge in [-0.15, -0.1) is 0 Å². The highest BCUT2D eigenvalue weighted by Gasteiger charge is 2.59. The van der Waals surface area contributed by atoms with Gasteiger partial charge in [-0.3, -0.25) is 29.4 Å². The van der Waals surface area contributed by atoms with E-state index in [-0.39, 0.29) is 53.4 Å². The Balaban J connectivity index is 1.46. The lowest BCUT2D eigenvalue weighted by atomic mass is 9.85. The zero-order valence-corrected chi connectivity index (χ0v) is 14.0. The van der Waals surface area contributed by atoms with Gasteiger partial charge in [0.15, 0.2) is 0 Å². The van der Waals surface area contributed by atoms with Gasteiger partial charge in [0, 0.05) is 17.3 Å². The summed E-state index contributed by atoms with van der Waals surface area (Å²) in [5.41, 5.74) is 0.635. The SMILES string of the molecule is Cc1ccc(NC(=O)CN2C(=O)[C@@H]3[C@@H](C2=O)[C@H]2C=C[C@H]3C2)cc1[N+](=O)[O-]. The Morgan fingerprint density at radius 3 is 2.42 bits per heavy atom. The average molecular weight is 355 g/mol. The van der Waals surface area contributed by atoms with Gasteiger partial charge in [-0.2, -0.15) is 0 Å². The van der Waals surface area contributed by atoms with Crippen LogP contribution in [0.25, 0.3) is 0 Å². The van der Waals surface area contributed by atoms with Crippen molar-refractivity contribution in [2.45, 2.75) is 13.3 Å². The second-order valence-electron chi connectivity index (χ2n) is 7.07. The third kappa shape index (κ3) is 2.40. The minimum Gasteiger partial charge on any atom is -0.324 e. The van der Waals surface area contributed by atoms with Gasteiger partial charge in [0.05, 0.1) is 16.8 Å². The van der Waals surface area contributed by atoms with Gasteiger partial charge in [-0.05, 0) is 31.2 Å². The van der Waals surface area contributed by atoms with E-state index in [1.807, 2.05) is 12.2 Å². The first-order chi connectivity index (χ1) is 12.4. The van der Waals surface area contributed by atoms with Gasteiger partial charge in [0.1, 0.15) is 6.54 Å². The molecular formula is C18H17N3O5. The van der Waals surface area contributed by atoms with Crippen LogP contribution in [0.2, 0.25) is 0 Å². The van der Waals surface area contributed by atoms with Crippen molar-refractivity contribution in [3.05, 3.63) is 46.0 Å². The molecule has 2 aliphatic carbocycles. The van der Waals surface area contributed by atoms with Gasteiger partial charge in [-0.25, -0.2) is 0 Å². The molecule has 1 aromatic carbocycles. The van der Waals surface area contributed by atoms with Crippen molar-refractivity contribution in [2.24, 2.45) is 23.7 Å². The van der Waals surface area contributed by atoms with Gasteiger partial charge in [0.25, 0.3) is 5.69 Å². The Bertz CT molecular complexity index is 848. The summed E-state index contributed by atoms with van der Waals surface area (Å²) in [5, 5.41) is 13.5. The predicted octanol–water partition coefficient (Wildman–Crippen LogP) is 1.65. The quantitative estimate of drug-likeness (QED) is 0.382. The van der Waals surface area contributed by atoms with Crippen LogP contribution in [-0.4, -0.2) is 34.1 Å². The number of carbonyl (C=O) groups is 3. The van der Waals surface area contributed by atoms with E-state index in [0.717, 1.165) is 11.3 Å². The monoisotopic (exact) mass is 355 g/mol. The number of hydrogen-bond donors (Lipinski definition) is 1. The van der Waals surface area contributed by atoms with E-state index in [1.54, 1.807) is 13.0 Å². The summed E-state index contributed by atoms with van der Waals surface area (Å²) in [6, 6.07) is 4.35.